The third-order valence-electron chi connectivity index (χ3n) is 10.5. The highest BCUT2D eigenvalue weighted by atomic mass is 15.0. The normalized spacial score (nSPS) is 15.1. The Hall–Kier alpha value is -6.68. The molecule has 0 radical (unpaired) electrons. The maximum absolute atomic E-state index is 9.64. The first kappa shape index (κ1) is 26.5. The summed E-state index contributed by atoms with van der Waals surface area (Å²) in [5, 5.41) is 21.6. The Balaban J connectivity index is 1.35. The van der Waals surface area contributed by atoms with Gasteiger partial charge in [0.05, 0.1) is 45.4 Å². The molecule has 48 heavy (non-hydrogen) atoms. The Kier molecular flexibility index (Phi) is 5.34. The molecule has 1 spiro atoms. The second-order valence-electron chi connectivity index (χ2n) is 12.7. The number of hydrogen-bond acceptors (Lipinski definition) is 2. The fourth-order valence-electron chi connectivity index (χ4n) is 8.48. The van der Waals surface area contributed by atoms with Gasteiger partial charge in [-0.25, -0.2) is 0 Å². The van der Waals surface area contributed by atoms with E-state index < -0.39 is 5.41 Å². The molecule has 0 saturated carbocycles. The van der Waals surface area contributed by atoms with Gasteiger partial charge < -0.3 is 4.57 Å². The molecule has 3 nitrogen and oxygen atoms in total. The van der Waals surface area contributed by atoms with Crippen molar-refractivity contribution in [1.82, 2.24) is 4.57 Å². The minimum Gasteiger partial charge on any atom is -0.309 e. The standard InChI is InChI=1S/C45H25N3/c46-26-28-15-17-30(18-16-28)33-19-21-34-37-24-32(31-8-5-7-29(23-31)27-47)20-22-38(37)45(41(34)25-33)39-11-2-4-14-43(39)48-42-13-3-1-9-35(42)36-10-6-12-40(45)44(36)48/h1-25H. The molecule has 1 unspecified atom stereocenters. The first-order valence-electron chi connectivity index (χ1n) is 16.1. The van der Waals surface area contributed by atoms with Crippen molar-refractivity contribution in [3.8, 4) is 51.2 Å². The molecular weight excluding hydrogens is 583 g/mol. The van der Waals surface area contributed by atoms with Gasteiger partial charge in [0.25, 0.3) is 0 Å². The lowest BCUT2D eigenvalue weighted by molar-refractivity contribution is 0.749. The molecule has 1 aromatic heterocycles. The van der Waals surface area contributed by atoms with Crippen LogP contribution in [-0.4, -0.2) is 4.57 Å². The molecule has 1 aliphatic heterocycles. The Labute approximate surface area is 277 Å². The number of fused-ring (bicyclic) bond motifs is 12. The van der Waals surface area contributed by atoms with E-state index >= 15 is 0 Å². The molecule has 8 aromatic rings. The van der Waals surface area contributed by atoms with Crippen molar-refractivity contribution in [2.24, 2.45) is 0 Å². The summed E-state index contributed by atoms with van der Waals surface area (Å²) in [6.07, 6.45) is 0. The minimum absolute atomic E-state index is 0.569. The molecule has 1 atom stereocenters. The molecule has 10 rings (SSSR count). The van der Waals surface area contributed by atoms with E-state index in [0.717, 1.165) is 22.3 Å². The van der Waals surface area contributed by atoms with E-state index in [1.807, 2.05) is 42.5 Å². The Morgan fingerprint density at radius 3 is 2.00 bits per heavy atom. The van der Waals surface area contributed by atoms with Crippen molar-refractivity contribution >= 4 is 21.8 Å². The second kappa shape index (κ2) is 9.66. The van der Waals surface area contributed by atoms with E-state index in [1.165, 1.54) is 60.9 Å². The van der Waals surface area contributed by atoms with Gasteiger partial charge in [0.15, 0.2) is 0 Å². The predicted molar refractivity (Wildman–Crippen MR) is 192 cm³/mol. The summed E-state index contributed by atoms with van der Waals surface area (Å²) in [5.41, 5.74) is 16.1. The summed E-state index contributed by atoms with van der Waals surface area (Å²) in [6, 6.07) is 58.4. The van der Waals surface area contributed by atoms with Crippen molar-refractivity contribution in [3.05, 3.63) is 185 Å². The van der Waals surface area contributed by atoms with E-state index in [4.69, 9.17) is 0 Å². The van der Waals surface area contributed by atoms with Gasteiger partial charge in [-0.1, -0.05) is 103 Å². The van der Waals surface area contributed by atoms with Crippen LogP contribution in [0, 0.1) is 22.7 Å². The molecule has 0 amide bonds. The lowest BCUT2D eigenvalue weighted by atomic mass is 9.65. The largest absolute Gasteiger partial charge is 0.309 e. The lowest BCUT2D eigenvalue weighted by Crippen LogP contribution is -2.33. The van der Waals surface area contributed by atoms with Gasteiger partial charge in [0, 0.05) is 10.8 Å². The third-order valence-corrected chi connectivity index (χ3v) is 10.5. The molecular formula is C45H25N3. The quantitative estimate of drug-likeness (QED) is 0.196. The molecule has 0 bridgehead atoms. The maximum atomic E-state index is 9.64. The zero-order valence-corrected chi connectivity index (χ0v) is 25.8. The first-order valence-corrected chi connectivity index (χ1v) is 16.1. The van der Waals surface area contributed by atoms with Gasteiger partial charge in [-0.05, 0) is 104 Å². The van der Waals surface area contributed by atoms with E-state index in [9.17, 15) is 10.5 Å². The Morgan fingerprint density at radius 2 is 1.12 bits per heavy atom. The fourth-order valence-corrected chi connectivity index (χ4v) is 8.48. The molecule has 2 heterocycles. The molecule has 0 fully saturated rings. The first-order chi connectivity index (χ1) is 23.7. The number of nitriles is 2. The zero-order valence-electron chi connectivity index (χ0n) is 25.8. The van der Waals surface area contributed by atoms with E-state index in [-0.39, 0.29) is 0 Å². The number of para-hydroxylation sites is 3. The smallest absolute Gasteiger partial charge is 0.0991 e. The summed E-state index contributed by atoms with van der Waals surface area (Å²) in [7, 11) is 0. The average molecular weight is 608 g/mol. The third kappa shape index (κ3) is 3.35. The van der Waals surface area contributed by atoms with Gasteiger partial charge in [-0.15, -0.1) is 0 Å². The highest BCUT2D eigenvalue weighted by molar-refractivity contribution is 6.13. The molecule has 7 aromatic carbocycles. The van der Waals surface area contributed by atoms with Crippen LogP contribution in [0.3, 0.4) is 0 Å². The molecule has 220 valence electrons. The second-order valence-corrected chi connectivity index (χ2v) is 12.7. The van der Waals surface area contributed by atoms with E-state index in [2.05, 4.69) is 126 Å². The topological polar surface area (TPSA) is 52.5 Å². The summed E-state index contributed by atoms with van der Waals surface area (Å²) in [5.74, 6) is 0. The summed E-state index contributed by atoms with van der Waals surface area (Å²) >= 11 is 0. The van der Waals surface area contributed by atoms with Gasteiger partial charge in [-0.2, -0.15) is 10.5 Å². The summed E-state index contributed by atoms with van der Waals surface area (Å²) in [4.78, 5) is 0. The van der Waals surface area contributed by atoms with Crippen molar-refractivity contribution < 1.29 is 0 Å². The minimum atomic E-state index is -0.569. The van der Waals surface area contributed by atoms with Crippen LogP contribution in [0.1, 0.15) is 33.4 Å². The van der Waals surface area contributed by atoms with Crippen molar-refractivity contribution in [3.63, 3.8) is 0 Å². The number of benzene rings is 7. The average Bonchev–Trinajstić information content (AvgIpc) is 3.65. The molecule has 0 saturated heterocycles. The van der Waals surface area contributed by atoms with Crippen LogP contribution in [0.4, 0.5) is 0 Å². The monoisotopic (exact) mass is 607 g/mol. The van der Waals surface area contributed by atoms with E-state index in [0.29, 0.717) is 11.1 Å². The highest BCUT2D eigenvalue weighted by Crippen LogP contribution is 2.61. The summed E-state index contributed by atoms with van der Waals surface area (Å²) in [6.45, 7) is 0. The number of rotatable bonds is 2. The van der Waals surface area contributed by atoms with Crippen LogP contribution < -0.4 is 0 Å². The van der Waals surface area contributed by atoms with Gasteiger partial charge in [0.1, 0.15) is 0 Å². The van der Waals surface area contributed by atoms with Crippen molar-refractivity contribution in [1.29, 1.82) is 10.5 Å². The van der Waals surface area contributed by atoms with Crippen LogP contribution in [-0.2, 0) is 5.41 Å². The van der Waals surface area contributed by atoms with Gasteiger partial charge >= 0.3 is 0 Å². The van der Waals surface area contributed by atoms with E-state index in [1.54, 1.807) is 0 Å². The van der Waals surface area contributed by atoms with Crippen LogP contribution in [0.2, 0.25) is 0 Å². The predicted octanol–water partition coefficient (Wildman–Crippen LogP) is 10.5. The maximum Gasteiger partial charge on any atom is 0.0991 e. The zero-order chi connectivity index (χ0) is 32.0. The number of hydrogen-bond donors (Lipinski definition) is 0. The highest BCUT2D eigenvalue weighted by Gasteiger charge is 2.51. The molecule has 2 aliphatic rings. The summed E-state index contributed by atoms with van der Waals surface area (Å²) < 4.78 is 2.46. The Bertz CT molecular complexity index is 2750. The number of nitrogens with zero attached hydrogens (tertiary/aromatic N) is 3. The lowest BCUT2D eigenvalue weighted by Gasteiger charge is -2.39. The SMILES string of the molecule is N#Cc1ccc(-c2ccc3c(c2)C2(c4ccc(-c5cccc(C#N)c5)cc4-3)c3ccccc3-n3c4ccccc4c4cccc2c43)cc1. The molecule has 3 heteroatoms. The fraction of sp³-hybridized carbons (Fsp3) is 0.0222. The van der Waals surface area contributed by atoms with Crippen LogP contribution >= 0.6 is 0 Å². The van der Waals surface area contributed by atoms with Crippen LogP contribution in [0.25, 0.3) is 60.9 Å². The van der Waals surface area contributed by atoms with Crippen molar-refractivity contribution in [2.75, 3.05) is 0 Å². The van der Waals surface area contributed by atoms with Crippen LogP contribution in [0.5, 0.6) is 0 Å². The van der Waals surface area contributed by atoms with Gasteiger partial charge in [-0.3, -0.25) is 0 Å². The van der Waals surface area contributed by atoms with Crippen LogP contribution in [0.15, 0.2) is 152 Å². The Morgan fingerprint density at radius 1 is 0.438 bits per heavy atom. The molecule has 1 aliphatic carbocycles. The van der Waals surface area contributed by atoms with Crippen molar-refractivity contribution in [2.45, 2.75) is 5.41 Å². The number of aromatic nitrogens is 1. The molecule has 0 N–H and O–H groups in total. The van der Waals surface area contributed by atoms with Gasteiger partial charge in [0.2, 0.25) is 0 Å².